The van der Waals surface area contributed by atoms with Crippen molar-refractivity contribution in [2.75, 3.05) is 39.3 Å². The molecule has 0 amide bonds. The van der Waals surface area contributed by atoms with Gasteiger partial charge in [0.1, 0.15) is 0 Å². The summed E-state index contributed by atoms with van der Waals surface area (Å²) >= 11 is 1.50. The van der Waals surface area contributed by atoms with Gasteiger partial charge in [-0.1, -0.05) is 0 Å². The Morgan fingerprint density at radius 2 is 1.75 bits per heavy atom. The summed E-state index contributed by atoms with van der Waals surface area (Å²) in [7, 11) is 0. The van der Waals surface area contributed by atoms with Gasteiger partial charge >= 0.3 is 109 Å². The molecular weight excluding hydrogens is 370 g/mol. The van der Waals surface area contributed by atoms with Crippen LogP contribution in [0.1, 0.15) is 0 Å². The van der Waals surface area contributed by atoms with Crippen molar-refractivity contribution in [3.63, 3.8) is 0 Å². The number of allylic oxidation sites excluding steroid dienone is 3. The molecule has 2 saturated heterocycles. The van der Waals surface area contributed by atoms with Crippen LogP contribution in [0, 0.1) is 0 Å². The molecule has 1 N–H and O–H groups in total. The first-order valence-corrected chi connectivity index (χ1v) is 7.57. The molecule has 2 aliphatic rings. The van der Waals surface area contributed by atoms with E-state index in [0.29, 0.717) is 0 Å². The van der Waals surface area contributed by atoms with Gasteiger partial charge in [0.15, 0.2) is 0 Å². The van der Waals surface area contributed by atoms with E-state index in [-0.39, 0.29) is 0 Å². The summed E-state index contributed by atoms with van der Waals surface area (Å²) in [6, 6.07) is 0.809. The Kier molecular flexibility index (Phi) is 4.95. The van der Waals surface area contributed by atoms with Crippen molar-refractivity contribution in [1.82, 2.24) is 15.1 Å². The third-order valence-corrected chi connectivity index (χ3v) is 3.79. The van der Waals surface area contributed by atoms with Gasteiger partial charge in [0.05, 0.1) is 0 Å². The Hall–Kier alpha value is -0.242. The summed E-state index contributed by atoms with van der Waals surface area (Å²) in [5.41, 5.74) is 0. The Labute approximate surface area is 109 Å². The van der Waals surface area contributed by atoms with Crippen molar-refractivity contribution in [2.24, 2.45) is 0 Å². The molecule has 4 heteroatoms. The van der Waals surface area contributed by atoms with Crippen LogP contribution in [0.5, 0.6) is 0 Å². The second-order valence-electron chi connectivity index (χ2n) is 4.25. The summed E-state index contributed by atoms with van der Waals surface area (Å²) in [6.07, 6.45) is 8.56. The molecule has 16 heavy (non-hydrogen) atoms. The molecule has 0 aromatic rings. The summed E-state index contributed by atoms with van der Waals surface area (Å²) < 4.78 is 2.13. The van der Waals surface area contributed by atoms with Crippen LogP contribution in [0.4, 0.5) is 0 Å². The Morgan fingerprint density at radius 1 is 1.00 bits per heavy atom. The van der Waals surface area contributed by atoms with Crippen LogP contribution < -0.4 is 5.32 Å². The number of piperazine rings is 1. The van der Waals surface area contributed by atoms with Gasteiger partial charge in [0.2, 0.25) is 0 Å². The van der Waals surface area contributed by atoms with Gasteiger partial charge in [-0.05, 0) is 0 Å². The van der Waals surface area contributed by atoms with Crippen LogP contribution in [0.2, 0.25) is 0 Å². The molecule has 0 aromatic carbocycles. The molecular formula is C12H19N3W. The van der Waals surface area contributed by atoms with Crippen molar-refractivity contribution in [2.45, 2.75) is 6.04 Å². The fourth-order valence-corrected chi connectivity index (χ4v) is 2.39. The maximum absolute atomic E-state index is 3.34. The Bertz CT molecular complexity index is 276. The molecule has 0 saturated carbocycles. The zero-order valence-corrected chi connectivity index (χ0v) is 12.4. The Morgan fingerprint density at radius 3 is 2.31 bits per heavy atom. The molecule has 0 radical (unpaired) electrons. The first-order chi connectivity index (χ1) is 7.90. The molecule has 2 fully saturated rings. The van der Waals surface area contributed by atoms with E-state index in [1.54, 1.807) is 0 Å². The second kappa shape index (κ2) is 6.48. The van der Waals surface area contributed by atoms with Crippen molar-refractivity contribution in [1.29, 1.82) is 0 Å². The van der Waals surface area contributed by atoms with Crippen LogP contribution in [0.3, 0.4) is 0 Å². The van der Waals surface area contributed by atoms with E-state index in [1.807, 2.05) is 0 Å². The summed E-state index contributed by atoms with van der Waals surface area (Å²) in [5.74, 6) is 0. The molecule has 0 aliphatic carbocycles. The quantitative estimate of drug-likeness (QED) is 0.683. The molecule has 3 nitrogen and oxygen atoms in total. The van der Waals surface area contributed by atoms with Crippen LogP contribution in [-0.4, -0.2) is 59.5 Å². The third kappa shape index (κ3) is 3.38. The van der Waals surface area contributed by atoms with E-state index in [4.69, 9.17) is 0 Å². The molecule has 2 rings (SSSR count). The van der Waals surface area contributed by atoms with Crippen LogP contribution >= 0.6 is 0 Å². The molecule has 0 bridgehead atoms. The SMILES string of the molecule is [W]=[CH]/C=C\C=CN1CCN(C2CNC2)CC1. The standard InChI is InChI=1S/C12H19N3.W/c1-2-3-4-5-14-6-8-15(9-7-14)12-10-13-11-12;/h1-5,12-13H,6-11H2;/b3-2-,5-4?;. The fraction of sp³-hybridized carbons (Fsp3) is 0.583. The van der Waals surface area contributed by atoms with Gasteiger partial charge in [0, 0.05) is 0 Å². The van der Waals surface area contributed by atoms with Gasteiger partial charge in [-0.2, -0.15) is 0 Å². The average molecular weight is 389 g/mol. The van der Waals surface area contributed by atoms with Crippen LogP contribution in [0.25, 0.3) is 0 Å². The van der Waals surface area contributed by atoms with Gasteiger partial charge in [-0.25, -0.2) is 0 Å². The van der Waals surface area contributed by atoms with Crippen molar-refractivity contribution in [3.8, 4) is 0 Å². The maximum atomic E-state index is 3.34. The normalized spacial score (nSPS) is 24.1. The first kappa shape index (κ1) is 12.2. The van der Waals surface area contributed by atoms with Gasteiger partial charge in [-0.3, -0.25) is 0 Å². The monoisotopic (exact) mass is 389 g/mol. The second-order valence-corrected chi connectivity index (χ2v) is 5.22. The predicted octanol–water partition coefficient (Wildman–Crippen LogP) is -0.00530. The topological polar surface area (TPSA) is 18.5 Å². The van der Waals surface area contributed by atoms with E-state index in [0.717, 1.165) is 6.04 Å². The van der Waals surface area contributed by atoms with Crippen molar-refractivity contribution in [3.05, 3.63) is 24.4 Å². The number of nitrogens with one attached hydrogen (secondary N) is 1. The van der Waals surface area contributed by atoms with E-state index in [2.05, 4.69) is 43.9 Å². The average Bonchev–Trinajstić information content (AvgIpc) is 2.24. The molecule has 0 spiro atoms. The zero-order valence-electron chi connectivity index (χ0n) is 9.51. The molecule has 0 unspecified atom stereocenters. The van der Waals surface area contributed by atoms with E-state index < -0.39 is 0 Å². The van der Waals surface area contributed by atoms with Crippen LogP contribution in [-0.2, 0) is 19.4 Å². The van der Waals surface area contributed by atoms with Crippen molar-refractivity contribution < 1.29 is 19.4 Å². The molecule has 88 valence electrons. The molecule has 2 heterocycles. The predicted molar refractivity (Wildman–Crippen MR) is 64.1 cm³/mol. The minimum absolute atomic E-state index is 0.809. The van der Waals surface area contributed by atoms with Gasteiger partial charge < -0.3 is 0 Å². The van der Waals surface area contributed by atoms with E-state index >= 15 is 0 Å². The van der Waals surface area contributed by atoms with Crippen LogP contribution in [0.15, 0.2) is 24.4 Å². The van der Waals surface area contributed by atoms with E-state index in [1.165, 1.54) is 58.6 Å². The number of hydrogen-bond acceptors (Lipinski definition) is 3. The minimum atomic E-state index is 0.809. The number of nitrogens with zero attached hydrogens (tertiary/aromatic N) is 2. The molecule has 2 aliphatic heterocycles. The zero-order chi connectivity index (χ0) is 11.2. The van der Waals surface area contributed by atoms with Gasteiger partial charge in [-0.15, -0.1) is 0 Å². The molecule has 0 atom stereocenters. The summed E-state index contributed by atoms with van der Waals surface area (Å²) in [4.78, 5) is 5.02. The van der Waals surface area contributed by atoms with Crippen molar-refractivity contribution >= 4 is 4.40 Å². The summed E-state index contributed by atoms with van der Waals surface area (Å²) in [5, 5.41) is 3.34. The van der Waals surface area contributed by atoms with E-state index in [9.17, 15) is 0 Å². The fourth-order valence-electron chi connectivity index (χ4n) is 2.06. The number of hydrogen-bond donors (Lipinski definition) is 1. The summed E-state index contributed by atoms with van der Waals surface area (Å²) in [6.45, 7) is 7.14. The Balaban J connectivity index is 1.70. The van der Waals surface area contributed by atoms with Gasteiger partial charge in [0.25, 0.3) is 0 Å². The third-order valence-electron chi connectivity index (χ3n) is 3.22. The number of rotatable bonds is 4. The molecule has 0 aromatic heterocycles. The first-order valence-electron chi connectivity index (χ1n) is 5.87.